The fourth-order valence-corrected chi connectivity index (χ4v) is 2.51. The van der Waals surface area contributed by atoms with Crippen molar-refractivity contribution in [1.29, 1.82) is 5.26 Å². The van der Waals surface area contributed by atoms with E-state index in [4.69, 9.17) is 9.84 Å². The molecule has 8 heteroatoms. The molecule has 0 spiro atoms. The van der Waals surface area contributed by atoms with Crippen molar-refractivity contribution in [2.24, 2.45) is 0 Å². The number of rotatable bonds is 8. The largest absolute Gasteiger partial charge is 0.481 e. The van der Waals surface area contributed by atoms with Crippen molar-refractivity contribution in [2.75, 3.05) is 43.1 Å². The van der Waals surface area contributed by atoms with E-state index >= 15 is 0 Å². The van der Waals surface area contributed by atoms with Crippen molar-refractivity contribution in [3.8, 4) is 6.07 Å². The Labute approximate surface area is 152 Å². The quantitative estimate of drug-likeness (QED) is 0.365. The monoisotopic (exact) mass is 358 g/mol. The first-order valence-electron chi connectivity index (χ1n) is 8.40. The van der Waals surface area contributed by atoms with E-state index in [1.165, 1.54) is 6.20 Å². The second kappa shape index (κ2) is 10.1. The van der Waals surface area contributed by atoms with Gasteiger partial charge in [-0.05, 0) is 18.6 Å². The van der Waals surface area contributed by atoms with Gasteiger partial charge in [-0.25, -0.2) is 0 Å². The molecule has 3 N–H and O–H groups in total. The molecule has 138 valence electrons. The van der Waals surface area contributed by atoms with E-state index in [0.29, 0.717) is 19.6 Å². The Bertz CT molecular complexity index is 705. The minimum atomic E-state index is -0.920. The number of carboxylic acids is 1. The van der Waals surface area contributed by atoms with Crippen LogP contribution in [0.5, 0.6) is 0 Å². The number of hydrogen-bond donors (Lipinski definition) is 3. The Hall–Kier alpha value is -3.05. The zero-order chi connectivity index (χ0) is 18.8. The van der Waals surface area contributed by atoms with Crippen LogP contribution in [-0.2, 0) is 14.3 Å². The minimum Gasteiger partial charge on any atom is -0.481 e. The van der Waals surface area contributed by atoms with Crippen molar-refractivity contribution >= 4 is 23.3 Å². The van der Waals surface area contributed by atoms with Crippen LogP contribution >= 0.6 is 0 Å². The predicted octanol–water partition coefficient (Wildman–Crippen LogP) is 1.32. The van der Waals surface area contributed by atoms with Gasteiger partial charge in [0, 0.05) is 32.3 Å². The molecule has 1 heterocycles. The van der Waals surface area contributed by atoms with Gasteiger partial charge in [-0.2, -0.15) is 5.26 Å². The third kappa shape index (κ3) is 5.79. The lowest BCUT2D eigenvalue weighted by atomic mass is 10.2. The van der Waals surface area contributed by atoms with Crippen molar-refractivity contribution in [1.82, 2.24) is 5.32 Å². The van der Waals surface area contributed by atoms with Crippen LogP contribution in [0.15, 0.2) is 36.0 Å². The number of hydrogen-bond acceptors (Lipinski definition) is 6. The van der Waals surface area contributed by atoms with Crippen LogP contribution in [0.3, 0.4) is 0 Å². The highest BCUT2D eigenvalue weighted by Crippen LogP contribution is 2.26. The van der Waals surface area contributed by atoms with Gasteiger partial charge in [-0.15, -0.1) is 0 Å². The molecule has 8 nitrogen and oxygen atoms in total. The average molecular weight is 358 g/mol. The summed E-state index contributed by atoms with van der Waals surface area (Å²) in [5.41, 5.74) is 1.70. The Morgan fingerprint density at radius 3 is 2.73 bits per heavy atom. The van der Waals surface area contributed by atoms with Crippen molar-refractivity contribution in [2.45, 2.75) is 12.8 Å². The summed E-state index contributed by atoms with van der Waals surface area (Å²) in [6.07, 6.45) is 1.65. The standard InChI is InChI=1S/C18H22N4O4/c19-12-14(18(25)20-7-3-6-17(23)24)13-21-15-4-1-2-5-16(15)22-8-10-26-11-9-22/h1-2,4-5,13,21H,3,6-11H2,(H,20,25)(H,23,24)/b14-13-. The molecule has 1 amide bonds. The van der Waals surface area contributed by atoms with Crippen LogP contribution < -0.4 is 15.5 Å². The van der Waals surface area contributed by atoms with Crippen LogP contribution in [0.25, 0.3) is 0 Å². The smallest absolute Gasteiger partial charge is 0.303 e. The Morgan fingerprint density at radius 2 is 2.04 bits per heavy atom. The highest BCUT2D eigenvalue weighted by atomic mass is 16.5. The first kappa shape index (κ1) is 19.3. The van der Waals surface area contributed by atoms with Crippen LogP contribution in [0.4, 0.5) is 11.4 Å². The second-order valence-electron chi connectivity index (χ2n) is 5.68. The molecule has 1 aromatic carbocycles. The first-order valence-corrected chi connectivity index (χ1v) is 8.40. The molecule has 1 saturated heterocycles. The number of amides is 1. The highest BCUT2D eigenvalue weighted by Gasteiger charge is 2.14. The summed E-state index contributed by atoms with van der Waals surface area (Å²) in [6.45, 7) is 3.07. The van der Waals surface area contributed by atoms with E-state index in [2.05, 4.69) is 15.5 Å². The summed E-state index contributed by atoms with van der Waals surface area (Å²) in [7, 11) is 0. The van der Waals surface area contributed by atoms with E-state index in [0.717, 1.165) is 24.5 Å². The van der Waals surface area contributed by atoms with Crippen molar-refractivity contribution in [3.05, 3.63) is 36.0 Å². The van der Waals surface area contributed by atoms with Gasteiger partial charge in [0.05, 0.1) is 24.6 Å². The number of anilines is 2. The van der Waals surface area contributed by atoms with Gasteiger partial charge >= 0.3 is 5.97 Å². The average Bonchev–Trinajstić information content (AvgIpc) is 2.66. The third-order valence-corrected chi connectivity index (χ3v) is 3.85. The number of carbonyl (C=O) groups excluding carboxylic acids is 1. The Morgan fingerprint density at radius 1 is 1.31 bits per heavy atom. The maximum Gasteiger partial charge on any atom is 0.303 e. The van der Waals surface area contributed by atoms with Crippen molar-refractivity contribution < 1.29 is 19.4 Å². The van der Waals surface area contributed by atoms with Gasteiger partial charge in [0.2, 0.25) is 0 Å². The molecule has 1 fully saturated rings. The number of carboxylic acid groups (broad SMARTS) is 1. The maximum absolute atomic E-state index is 12.0. The summed E-state index contributed by atoms with van der Waals surface area (Å²) in [5, 5.41) is 23.3. The van der Waals surface area contributed by atoms with Crippen LogP contribution in [-0.4, -0.2) is 49.8 Å². The molecule has 26 heavy (non-hydrogen) atoms. The lowest BCUT2D eigenvalue weighted by Gasteiger charge is -2.30. The summed E-state index contributed by atoms with van der Waals surface area (Å²) in [6, 6.07) is 9.51. The van der Waals surface area contributed by atoms with Gasteiger partial charge in [0.1, 0.15) is 11.6 Å². The van der Waals surface area contributed by atoms with Crippen LogP contribution in [0, 0.1) is 11.3 Å². The molecular formula is C18H22N4O4. The molecule has 0 saturated carbocycles. The van der Waals surface area contributed by atoms with E-state index in [1.54, 1.807) is 0 Å². The molecule has 2 rings (SSSR count). The highest BCUT2D eigenvalue weighted by molar-refractivity contribution is 5.97. The fraction of sp³-hybridized carbons (Fsp3) is 0.389. The molecule has 1 aliphatic rings. The predicted molar refractivity (Wildman–Crippen MR) is 96.7 cm³/mol. The number of carbonyl (C=O) groups is 2. The number of aliphatic carboxylic acids is 1. The van der Waals surface area contributed by atoms with Gasteiger partial charge < -0.3 is 25.4 Å². The number of ether oxygens (including phenoxy) is 1. The van der Waals surface area contributed by atoms with Gasteiger partial charge in [-0.1, -0.05) is 12.1 Å². The molecular weight excluding hydrogens is 336 g/mol. The van der Waals surface area contributed by atoms with Gasteiger partial charge in [-0.3, -0.25) is 9.59 Å². The fourth-order valence-electron chi connectivity index (χ4n) is 2.51. The van der Waals surface area contributed by atoms with E-state index in [1.807, 2.05) is 30.3 Å². The number of benzene rings is 1. The SMILES string of the molecule is N#C/C(=C/Nc1ccccc1N1CCOCC1)C(=O)NCCCC(=O)O. The van der Waals surface area contributed by atoms with Gasteiger partial charge in [0.15, 0.2) is 0 Å². The summed E-state index contributed by atoms with van der Waals surface area (Å²) < 4.78 is 5.36. The Kier molecular flexibility index (Phi) is 7.46. The lowest BCUT2D eigenvalue weighted by Crippen LogP contribution is -2.36. The molecule has 0 atom stereocenters. The number of nitriles is 1. The zero-order valence-corrected chi connectivity index (χ0v) is 14.4. The second-order valence-corrected chi connectivity index (χ2v) is 5.68. The van der Waals surface area contributed by atoms with Gasteiger partial charge in [0.25, 0.3) is 5.91 Å². The topological polar surface area (TPSA) is 115 Å². The minimum absolute atomic E-state index is 0.0307. The molecule has 0 bridgehead atoms. The molecule has 0 radical (unpaired) electrons. The molecule has 1 aromatic rings. The maximum atomic E-state index is 12.0. The van der Waals surface area contributed by atoms with E-state index in [9.17, 15) is 14.9 Å². The lowest BCUT2D eigenvalue weighted by molar-refractivity contribution is -0.137. The molecule has 0 aromatic heterocycles. The number of para-hydroxylation sites is 2. The molecule has 0 unspecified atom stereocenters. The summed E-state index contributed by atoms with van der Waals surface area (Å²) in [4.78, 5) is 24.6. The normalized spacial score (nSPS) is 14.4. The number of nitrogens with zero attached hydrogens (tertiary/aromatic N) is 2. The number of morpholine rings is 1. The summed E-state index contributed by atoms with van der Waals surface area (Å²) >= 11 is 0. The molecule has 1 aliphatic heterocycles. The molecule has 0 aliphatic carbocycles. The van der Waals surface area contributed by atoms with Crippen LogP contribution in [0.1, 0.15) is 12.8 Å². The summed E-state index contributed by atoms with van der Waals surface area (Å²) in [5.74, 6) is -1.45. The Balaban J connectivity index is 1.99. The first-order chi connectivity index (χ1) is 12.6. The van der Waals surface area contributed by atoms with E-state index < -0.39 is 11.9 Å². The zero-order valence-electron chi connectivity index (χ0n) is 14.4. The van der Waals surface area contributed by atoms with Crippen molar-refractivity contribution in [3.63, 3.8) is 0 Å². The van der Waals surface area contributed by atoms with Crippen LogP contribution in [0.2, 0.25) is 0 Å². The number of nitrogens with one attached hydrogen (secondary N) is 2. The van der Waals surface area contributed by atoms with E-state index in [-0.39, 0.29) is 18.5 Å². The third-order valence-electron chi connectivity index (χ3n) is 3.85.